The van der Waals surface area contributed by atoms with Gasteiger partial charge in [-0.3, -0.25) is 0 Å². The van der Waals surface area contributed by atoms with Crippen molar-refractivity contribution in [2.45, 2.75) is 6.10 Å². The third-order valence-corrected chi connectivity index (χ3v) is 3.84. The molecule has 1 atom stereocenters. The Morgan fingerprint density at radius 3 is 2.67 bits per heavy atom. The van der Waals surface area contributed by atoms with Gasteiger partial charge in [0.05, 0.1) is 13.7 Å². The maximum atomic E-state index is 6.06. The molecule has 3 nitrogen and oxygen atoms in total. The van der Waals surface area contributed by atoms with Gasteiger partial charge in [0, 0.05) is 10.8 Å². The van der Waals surface area contributed by atoms with Gasteiger partial charge in [0.2, 0.25) is 0 Å². The van der Waals surface area contributed by atoms with E-state index in [9.17, 15) is 0 Å². The summed E-state index contributed by atoms with van der Waals surface area (Å²) in [5, 5.41) is 4.54. The van der Waals surface area contributed by atoms with Crippen molar-refractivity contribution in [1.29, 1.82) is 0 Å². The summed E-state index contributed by atoms with van der Waals surface area (Å²) in [5.74, 6) is 1.79. The average molecular weight is 280 g/mol. The Bertz CT molecular complexity index is 806. The van der Waals surface area contributed by atoms with Crippen LogP contribution in [0.5, 0.6) is 11.5 Å². The fourth-order valence-electron chi connectivity index (χ4n) is 2.63. The fraction of sp³-hybridized carbons (Fsp3) is 0.222. The zero-order chi connectivity index (χ0) is 14.2. The fourth-order valence-corrected chi connectivity index (χ4v) is 2.63. The van der Waals surface area contributed by atoms with E-state index in [-0.39, 0.29) is 6.10 Å². The molecule has 0 spiro atoms. The first-order valence-corrected chi connectivity index (χ1v) is 7.09. The monoisotopic (exact) mass is 280 g/mol. The van der Waals surface area contributed by atoms with E-state index >= 15 is 0 Å². The molecule has 4 rings (SSSR count). The first-order valence-electron chi connectivity index (χ1n) is 7.09. The van der Waals surface area contributed by atoms with Crippen molar-refractivity contribution in [3.63, 3.8) is 0 Å². The van der Waals surface area contributed by atoms with Crippen molar-refractivity contribution < 1.29 is 14.2 Å². The van der Waals surface area contributed by atoms with Gasteiger partial charge in [-0.05, 0) is 35.0 Å². The molecule has 1 aliphatic heterocycles. The Labute approximate surface area is 123 Å². The number of rotatable bonds is 4. The first-order chi connectivity index (χ1) is 10.3. The number of methoxy groups -OCH3 is 1. The van der Waals surface area contributed by atoms with E-state index in [0.717, 1.165) is 34.3 Å². The highest BCUT2D eigenvalue weighted by atomic mass is 16.6. The van der Waals surface area contributed by atoms with Gasteiger partial charge in [-0.1, -0.05) is 24.3 Å². The maximum absolute atomic E-state index is 6.06. The number of hydrogen-bond donors (Lipinski definition) is 0. The summed E-state index contributed by atoms with van der Waals surface area (Å²) >= 11 is 0. The van der Waals surface area contributed by atoms with Gasteiger partial charge in [0.1, 0.15) is 24.2 Å². The minimum absolute atomic E-state index is 0.247. The van der Waals surface area contributed by atoms with Crippen molar-refractivity contribution >= 4 is 21.5 Å². The van der Waals surface area contributed by atoms with Crippen LogP contribution in [0.15, 0.2) is 48.5 Å². The summed E-state index contributed by atoms with van der Waals surface area (Å²) in [6.07, 6.45) is 0.247. The number of ether oxygens (including phenoxy) is 3. The smallest absolute Gasteiger partial charge is 0.135 e. The number of benzene rings is 3. The average Bonchev–Trinajstić information content (AvgIpc) is 3.35. The molecule has 0 aliphatic carbocycles. The van der Waals surface area contributed by atoms with Crippen LogP contribution in [0.3, 0.4) is 0 Å². The van der Waals surface area contributed by atoms with E-state index < -0.39 is 0 Å². The second-order valence-corrected chi connectivity index (χ2v) is 5.28. The highest BCUT2D eigenvalue weighted by Crippen LogP contribution is 2.36. The van der Waals surface area contributed by atoms with Crippen LogP contribution in [0.2, 0.25) is 0 Å². The Balaban J connectivity index is 1.93. The molecule has 0 N–H and O–H groups in total. The van der Waals surface area contributed by atoms with Crippen LogP contribution in [0, 0.1) is 0 Å². The molecule has 1 fully saturated rings. The Hall–Kier alpha value is -2.26. The second-order valence-electron chi connectivity index (χ2n) is 5.28. The molecule has 3 heteroatoms. The van der Waals surface area contributed by atoms with E-state index in [1.807, 2.05) is 24.3 Å². The summed E-state index contributed by atoms with van der Waals surface area (Å²) in [4.78, 5) is 0. The molecule has 3 aromatic rings. The lowest BCUT2D eigenvalue weighted by atomic mass is 10.0. The molecule has 106 valence electrons. The minimum Gasteiger partial charge on any atom is -0.497 e. The summed E-state index contributed by atoms with van der Waals surface area (Å²) in [6, 6.07) is 16.5. The quantitative estimate of drug-likeness (QED) is 0.538. The van der Waals surface area contributed by atoms with Crippen LogP contribution in [0.4, 0.5) is 0 Å². The van der Waals surface area contributed by atoms with Crippen molar-refractivity contribution in [3.05, 3.63) is 48.5 Å². The largest absolute Gasteiger partial charge is 0.497 e. The SMILES string of the molecule is COc1ccc2c(OCC3CO3)c3ccccc3cc2c1. The Morgan fingerprint density at radius 1 is 1.05 bits per heavy atom. The predicted molar refractivity (Wildman–Crippen MR) is 83.2 cm³/mol. The summed E-state index contributed by atoms with van der Waals surface area (Å²) in [6.45, 7) is 1.41. The van der Waals surface area contributed by atoms with Crippen molar-refractivity contribution in [2.75, 3.05) is 20.3 Å². The molecule has 1 aliphatic rings. The molecular weight excluding hydrogens is 264 g/mol. The zero-order valence-electron chi connectivity index (χ0n) is 11.8. The topological polar surface area (TPSA) is 31.0 Å². The van der Waals surface area contributed by atoms with Crippen LogP contribution >= 0.6 is 0 Å². The lowest BCUT2D eigenvalue weighted by molar-refractivity contribution is 0.267. The van der Waals surface area contributed by atoms with E-state index in [1.54, 1.807) is 7.11 Å². The van der Waals surface area contributed by atoms with Gasteiger partial charge in [-0.2, -0.15) is 0 Å². The third-order valence-electron chi connectivity index (χ3n) is 3.84. The van der Waals surface area contributed by atoms with Crippen molar-refractivity contribution in [2.24, 2.45) is 0 Å². The molecule has 0 radical (unpaired) electrons. The Morgan fingerprint density at radius 2 is 1.86 bits per heavy atom. The molecule has 3 aromatic carbocycles. The van der Waals surface area contributed by atoms with Crippen molar-refractivity contribution in [3.8, 4) is 11.5 Å². The first kappa shape index (κ1) is 12.5. The second kappa shape index (κ2) is 4.93. The molecule has 1 unspecified atom stereocenters. The molecule has 0 aromatic heterocycles. The third kappa shape index (κ3) is 2.30. The standard InChI is InChI=1S/C18H16O3/c1-19-14-6-7-17-13(9-14)8-12-4-2-3-5-16(12)18(17)21-11-15-10-20-15/h2-9,15H,10-11H2,1H3. The zero-order valence-corrected chi connectivity index (χ0v) is 11.8. The van der Waals surface area contributed by atoms with Gasteiger partial charge < -0.3 is 14.2 Å². The van der Waals surface area contributed by atoms with E-state index in [1.165, 1.54) is 5.39 Å². The number of epoxide rings is 1. The van der Waals surface area contributed by atoms with Gasteiger partial charge in [0.25, 0.3) is 0 Å². The Kier molecular flexibility index (Phi) is 2.93. The highest BCUT2D eigenvalue weighted by Gasteiger charge is 2.24. The van der Waals surface area contributed by atoms with Gasteiger partial charge in [-0.15, -0.1) is 0 Å². The normalized spacial score (nSPS) is 17.1. The highest BCUT2D eigenvalue weighted by molar-refractivity contribution is 6.05. The van der Waals surface area contributed by atoms with Crippen LogP contribution < -0.4 is 9.47 Å². The summed E-state index contributed by atoms with van der Waals surface area (Å²) in [5.41, 5.74) is 0. The molecule has 1 saturated heterocycles. The van der Waals surface area contributed by atoms with Crippen molar-refractivity contribution in [1.82, 2.24) is 0 Å². The predicted octanol–water partition coefficient (Wildman–Crippen LogP) is 3.78. The van der Waals surface area contributed by atoms with E-state index in [0.29, 0.717) is 6.61 Å². The molecular formula is C18H16O3. The summed E-state index contributed by atoms with van der Waals surface area (Å²) in [7, 11) is 1.68. The van der Waals surface area contributed by atoms with Crippen LogP contribution in [0.1, 0.15) is 0 Å². The molecule has 0 bridgehead atoms. The van der Waals surface area contributed by atoms with Crippen LogP contribution in [-0.4, -0.2) is 26.4 Å². The minimum atomic E-state index is 0.247. The van der Waals surface area contributed by atoms with Gasteiger partial charge >= 0.3 is 0 Å². The lowest BCUT2D eigenvalue weighted by Crippen LogP contribution is -2.04. The summed E-state index contributed by atoms with van der Waals surface area (Å²) < 4.78 is 16.6. The van der Waals surface area contributed by atoms with Gasteiger partial charge in [-0.25, -0.2) is 0 Å². The number of hydrogen-bond acceptors (Lipinski definition) is 3. The van der Waals surface area contributed by atoms with Gasteiger partial charge in [0.15, 0.2) is 0 Å². The number of fused-ring (bicyclic) bond motifs is 2. The van der Waals surface area contributed by atoms with Crippen LogP contribution in [-0.2, 0) is 4.74 Å². The molecule has 0 saturated carbocycles. The van der Waals surface area contributed by atoms with E-state index in [2.05, 4.69) is 24.3 Å². The maximum Gasteiger partial charge on any atom is 0.135 e. The van der Waals surface area contributed by atoms with Crippen LogP contribution in [0.25, 0.3) is 21.5 Å². The lowest BCUT2D eigenvalue weighted by Gasteiger charge is -2.13. The molecule has 0 amide bonds. The molecule has 1 heterocycles. The molecule has 21 heavy (non-hydrogen) atoms. The van der Waals surface area contributed by atoms with E-state index in [4.69, 9.17) is 14.2 Å².